The fourth-order valence-electron chi connectivity index (χ4n) is 3.17. The zero-order valence-electron chi connectivity index (χ0n) is 15.1. The van der Waals surface area contributed by atoms with Crippen LogP contribution in [-0.2, 0) is 4.74 Å². The average Bonchev–Trinajstić information content (AvgIpc) is 3.12. The largest absolute Gasteiger partial charge is 0.497 e. The molecule has 1 saturated heterocycles. The van der Waals surface area contributed by atoms with Crippen LogP contribution in [-0.4, -0.2) is 40.3 Å². The highest BCUT2D eigenvalue weighted by Crippen LogP contribution is 2.34. The second kappa shape index (κ2) is 7.69. The molecule has 27 heavy (non-hydrogen) atoms. The number of methoxy groups -OCH3 is 2. The van der Waals surface area contributed by atoms with Crippen LogP contribution >= 0.6 is 15.9 Å². The van der Waals surface area contributed by atoms with Crippen molar-refractivity contribution in [1.29, 1.82) is 0 Å². The van der Waals surface area contributed by atoms with E-state index in [4.69, 9.17) is 14.2 Å². The molecule has 142 valence electrons. The van der Waals surface area contributed by atoms with Gasteiger partial charge in [0.1, 0.15) is 17.7 Å². The maximum atomic E-state index is 5.89. The minimum atomic E-state index is -0.0512. The lowest BCUT2D eigenvalue weighted by Gasteiger charge is -2.23. The Balaban J connectivity index is 1.75. The van der Waals surface area contributed by atoms with Gasteiger partial charge in [-0.2, -0.15) is 0 Å². The third-order valence-corrected chi connectivity index (χ3v) is 4.87. The Kier molecular flexibility index (Phi) is 5.13. The summed E-state index contributed by atoms with van der Waals surface area (Å²) < 4.78 is 19.1. The molecule has 1 unspecified atom stereocenters. The van der Waals surface area contributed by atoms with Gasteiger partial charge in [0.2, 0.25) is 4.73 Å². The zero-order valence-corrected chi connectivity index (χ0v) is 16.7. The Morgan fingerprint density at radius 3 is 2.85 bits per heavy atom. The molecule has 0 saturated carbocycles. The van der Waals surface area contributed by atoms with Gasteiger partial charge < -0.3 is 19.5 Å². The summed E-state index contributed by atoms with van der Waals surface area (Å²) in [7, 11) is 3.24. The average molecular weight is 434 g/mol. The Bertz CT molecular complexity index is 956. The maximum absolute atomic E-state index is 5.89. The van der Waals surface area contributed by atoms with Crippen molar-refractivity contribution >= 4 is 38.6 Å². The van der Waals surface area contributed by atoms with Gasteiger partial charge in [0, 0.05) is 12.7 Å². The molecule has 1 fully saturated rings. The zero-order chi connectivity index (χ0) is 18.8. The molecule has 9 heteroatoms. The van der Waals surface area contributed by atoms with E-state index < -0.39 is 0 Å². The first-order chi connectivity index (χ1) is 13.2. The summed E-state index contributed by atoms with van der Waals surface area (Å²) in [5.41, 5.74) is 2.11. The molecule has 1 aliphatic heterocycles. The molecule has 0 spiro atoms. The molecule has 0 amide bonds. The Hall–Kier alpha value is -2.39. The van der Waals surface area contributed by atoms with Gasteiger partial charge in [-0.25, -0.2) is 15.0 Å². The van der Waals surface area contributed by atoms with Crippen LogP contribution in [0.1, 0.15) is 25.5 Å². The van der Waals surface area contributed by atoms with E-state index in [0.29, 0.717) is 33.2 Å². The summed E-state index contributed by atoms with van der Waals surface area (Å²) in [6.45, 7) is 0.753. The molecule has 0 bridgehead atoms. The van der Waals surface area contributed by atoms with Gasteiger partial charge in [-0.05, 0) is 47.3 Å². The molecule has 1 atom stereocenters. The third-order valence-electron chi connectivity index (χ3n) is 4.52. The van der Waals surface area contributed by atoms with E-state index in [-0.39, 0.29) is 6.23 Å². The van der Waals surface area contributed by atoms with Crippen molar-refractivity contribution in [3.63, 3.8) is 0 Å². The number of ether oxygens (including phenoxy) is 3. The Morgan fingerprint density at radius 2 is 2.11 bits per heavy atom. The topological polar surface area (TPSA) is 83.3 Å². The molecular formula is C18H20BrN5O3. The van der Waals surface area contributed by atoms with Gasteiger partial charge in [0.25, 0.3) is 0 Å². The van der Waals surface area contributed by atoms with Gasteiger partial charge in [0.05, 0.1) is 26.2 Å². The van der Waals surface area contributed by atoms with Gasteiger partial charge in [-0.15, -0.1) is 0 Å². The summed E-state index contributed by atoms with van der Waals surface area (Å²) in [4.78, 5) is 13.5. The number of hydrogen-bond donors (Lipinski definition) is 1. The van der Waals surface area contributed by atoms with Crippen molar-refractivity contribution in [1.82, 2.24) is 19.5 Å². The fourth-order valence-corrected chi connectivity index (χ4v) is 3.52. The van der Waals surface area contributed by atoms with E-state index in [0.717, 1.165) is 31.6 Å². The predicted octanol–water partition coefficient (Wildman–Crippen LogP) is 4.05. The van der Waals surface area contributed by atoms with Crippen LogP contribution in [0.4, 0.5) is 11.5 Å². The van der Waals surface area contributed by atoms with E-state index in [1.54, 1.807) is 20.5 Å². The number of fused-ring (bicyclic) bond motifs is 1. The van der Waals surface area contributed by atoms with Gasteiger partial charge >= 0.3 is 0 Å². The summed E-state index contributed by atoms with van der Waals surface area (Å²) in [5.74, 6) is 1.96. The second-order valence-electron chi connectivity index (χ2n) is 6.18. The Morgan fingerprint density at radius 1 is 1.22 bits per heavy atom. The lowest BCUT2D eigenvalue weighted by Crippen LogP contribution is -2.17. The monoisotopic (exact) mass is 433 g/mol. The number of nitrogens with one attached hydrogen (secondary N) is 1. The van der Waals surface area contributed by atoms with E-state index in [1.165, 1.54) is 0 Å². The number of anilines is 2. The molecule has 0 radical (unpaired) electrons. The van der Waals surface area contributed by atoms with Crippen LogP contribution in [0.2, 0.25) is 0 Å². The van der Waals surface area contributed by atoms with Gasteiger partial charge in [-0.3, -0.25) is 4.57 Å². The van der Waals surface area contributed by atoms with E-state index in [9.17, 15) is 0 Å². The van der Waals surface area contributed by atoms with E-state index >= 15 is 0 Å². The standard InChI is InChI=1S/C18H20BrN5O3/c1-25-11-6-7-13(26-2)12(9-11)21-16-15-17(23-18(19)22-16)24(10-20-15)14-5-3-4-8-27-14/h6-7,9-10,14H,3-5,8H2,1-2H3,(H,21,22,23). The quantitative estimate of drug-likeness (QED) is 0.607. The maximum Gasteiger partial charge on any atom is 0.200 e. The molecule has 1 aliphatic rings. The van der Waals surface area contributed by atoms with Crippen molar-refractivity contribution in [2.45, 2.75) is 25.5 Å². The van der Waals surface area contributed by atoms with E-state index in [2.05, 4.69) is 36.2 Å². The normalized spacial score (nSPS) is 17.1. The molecule has 1 aromatic carbocycles. The number of nitrogens with zero attached hydrogens (tertiary/aromatic N) is 4. The van der Waals surface area contributed by atoms with Crippen molar-refractivity contribution in [2.75, 3.05) is 26.1 Å². The summed E-state index contributed by atoms with van der Waals surface area (Å²) in [6.07, 6.45) is 4.87. The van der Waals surface area contributed by atoms with Crippen molar-refractivity contribution in [3.8, 4) is 11.5 Å². The minimum Gasteiger partial charge on any atom is -0.497 e. The highest BCUT2D eigenvalue weighted by Gasteiger charge is 2.21. The summed E-state index contributed by atoms with van der Waals surface area (Å²) in [5, 5.41) is 3.30. The minimum absolute atomic E-state index is 0.0512. The van der Waals surface area contributed by atoms with E-state index in [1.807, 2.05) is 22.8 Å². The first-order valence-corrected chi connectivity index (χ1v) is 9.49. The molecule has 4 rings (SSSR count). The van der Waals surface area contributed by atoms with Crippen molar-refractivity contribution in [2.24, 2.45) is 0 Å². The van der Waals surface area contributed by atoms with Crippen molar-refractivity contribution in [3.05, 3.63) is 29.3 Å². The van der Waals surface area contributed by atoms with Crippen LogP contribution in [0.25, 0.3) is 11.2 Å². The lowest BCUT2D eigenvalue weighted by molar-refractivity contribution is -0.0298. The SMILES string of the molecule is COc1ccc(OC)c(Nc2nc(Br)nc3c2ncn3C2CCCCO2)c1. The Labute approximate surface area is 165 Å². The molecule has 3 aromatic rings. The number of imidazole rings is 1. The van der Waals surface area contributed by atoms with Gasteiger partial charge in [0.15, 0.2) is 17.0 Å². The van der Waals surface area contributed by atoms with Gasteiger partial charge in [-0.1, -0.05) is 0 Å². The van der Waals surface area contributed by atoms with Crippen LogP contribution < -0.4 is 14.8 Å². The number of rotatable bonds is 5. The summed E-state index contributed by atoms with van der Waals surface area (Å²) >= 11 is 3.40. The van der Waals surface area contributed by atoms with Crippen LogP contribution in [0.15, 0.2) is 29.3 Å². The van der Waals surface area contributed by atoms with Crippen molar-refractivity contribution < 1.29 is 14.2 Å². The summed E-state index contributed by atoms with van der Waals surface area (Å²) in [6, 6.07) is 5.52. The molecule has 0 aliphatic carbocycles. The smallest absolute Gasteiger partial charge is 0.200 e. The van der Waals surface area contributed by atoms with Crippen LogP contribution in [0.5, 0.6) is 11.5 Å². The first-order valence-electron chi connectivity index (χ1n) is 8.70. The molecular weight excluding hydrogens is 414 g/mol. The first kappa shape index (κ1) is 18.0. The predicted molar refractivity (Wildman–Crippen MR) is 105 cm³/mol. The lowest BCUT2D eigenvalue weighted by atomic mass is 10.2. The molecule has 3 heterocycles. The van der Waals surface area contributed by atoms with Crippen LogP contribution in [0.3, 0.4) is 0 Å². The fraction of sp³-hybridized carbons (Fsp3) is 0.389. The number of aromatic nitrogens is 4. The molecule has 2 aromatic heterocycles. The highest BCUT2D eigenvalue weighted by molar-refractivity contribution is 9.10. The second-order valence-corrected chi connectivity index (χ2v) is 6.89. The highest BCUT2D eigenvalue weighted by atomic mass is 79.9. The molecule has 1 N–H and O–H groups in total. The number of halogens is 1. The third kappa shape index (κ3) is 3.57. The molecule has 8 nitrogen and oxygen atoms in total. The van der Waals surface area contributed by atoms with Crippen LogP contribution in [0, 0.1) is 0 Å². The number of benzene rings is 1. The number of hydrogen-bond acceptors (Lipinski definition) is 7.